The summed E-state index contributed by atoms with van der Waals surface area (Å²) in [6.07, 6.45) is 3.84. The van der Waals surface area contributed by atoms with E-state index in [1.807, 2.05) is 0 Å². The maximum absolute atomic E-state index is 5.35. The first kappa shape index (κ1) is 12.4. The molecule has 1 fully saturated rings. The summed E-state index contributed by atoms with van der Waals surface area (Å²) in [6, 6.07) is 4.33. The Bertz CT molecular complexity index is 381. The van der Waals surface area contributed by atoms with Crippen LogP contribution in [0, 0.1) is 19.8 Å². The lowest BCUT2D eigenvalue weighted by molar-refractivity contribution is 0.411. The Labute approximate surface area is 104 Å². The van der Waals surface area contributed by atoms with Crippen molar-refractivity contribution < 1.29 is 4.74 Å². The standard InChI is InChI=1S/C15H23NO/c1-11-12(2)15(17-3)7-6-14(11)5-4-13-8-9-16-10-13/h6-7,13,16H,4-5,8-10H2,1-3H3. The van der Waals surface area contributed by atoms with Crippen LogP contribution in [0.3, 0.4) is 0 Å². The first-order valence-corrected chi connectivity index (χ1v) is 6.56. The highest BCUT2D eigenvalue weighted by Gasteiger charge is 2.15. The number of rotatable bonds is 4. The molecule has 1 unspecified atom stereocenters. The maximum Gasteiger partial charge on any atom is 0.122 e. The molecular formula is C15H23NO. The molecule has 0 aliphatic carbocycles. The molecule has 0 saturated carbocycles. The quantitative estimate of drug-likeness (QED) is 0.863. The molecule has 1 aliphatic rings. The fourth-order valence-corrected chi connectivity index (χ4v) is 2.66. The first-order valence-electron chi connectivity index (χ1n) is 6.56. The predicted molar refractivity (Wildman–Crippen MR) is 71.8 cm³/mol. The molecule has 0 radical (unpaired) electrons. The Hall–Kier alpha value is -1.02. The second kappa shape index (κ2) is 5.54. The van der Waals surface area contributed by atoms with E-state index in [9.17, 15) is 0 Å². The molecule has 1 aromatic rings. The summed E-state index contributed by atoms with van der Waals surface area (Å²) in [7, 11) is 1.74. The third-order valence-electron chi connectivity index (χ3n) is 4.05. The van der Waals surface area contributed by atoms with Crippen LogP contribution in [0.15, 0.2) is 12.1 Å². The van der Waals surface area contributed by atoms with Crippen molar-refractivity contribution in [3.8, 4) is 5.75 Å². The molecule has 1 N–H and O–H groups in total. The van der Waals surface area contributed by atoms with Gasteiger partial charge in [0.1, 0.15) is 5.75 Å². The summed E-state index contributed by atoms with van der Waals surface area (Å²) >= 11 is 0. The Morgan fingerprint density at radius 3 is 2.76 bits per heavy atom. The molecule has 1 atom stereocenters. The normalized spacial score (nSPS) is 19.6. The van der Waals surface area contributed by atoms with Crippen LogP contribution in [0.4, 0.5) is 0 Å². The minimum Gasteiger partial charge on any atom is -0.496 e. The molecule has 0 aromatic heterocycles. The molecule has 1 saturated heterocycles. The Balaban J connectivity index is 2.03. The predicted octanol–water partition coefficient (Wildman–Crippen LogP) is 2.85. The maximum atomic E-state index is 5.35. The van der Waals surface area contributed by atoms with Gasteiger partial charge in [-0.25, -0.2) is 0 Å². The van der Waals surface area contributed by atoms with Crippen LogP contribution < -0.4 is 10.1 Å². The third kappa shape index (κ3) is 2.81. The van der Waals surface area contributed by atoms with E-state index in [-0.39, 0.29) is 0 Å². The van der Waals surface area contributed by atoms with Gasteiger partial charge in [0.15, 0.2) is 0 Å². The van der Waals surface area contributed by atoms with Gasteiger partial charge >= 0.3 is 0 Å². The first-order chi connectivity index (χ1) is 8.22. The van der Waals surface area contributed by atoms with Crippen molar-refractivity contribution in [3.63, 3.8) is 0 Å². The minimum absolute atomic E-state index is 0.872. The van der Waals surface area contributed by atoms with Crippen molar-refractivity contribution in [1.82, 2.24) is 5.32 Å². The molecule has 1 heterocycles. The summed E-state index contributed by atoms with van der Waals surface area (Å²) in [6.45, 7) is 6.76. The lowest BCUT2D eigenvalue weighted by Gasteiger charge is -2.14. The number of ether oxygens (including phenoxy) is 1. The van der Waals surface area contributed by atoms with Gasteiger partial charge in [-0.1, -0.05) is 6.07 Å². The SMILES string of the molecule is COc1ccc(CCC2CCNC2)c(C)c1C. The number of aryl methyl sites for hydroxylation is 1. The zero-order chi connectivity index (χ0) is 12.3. The van der Waals surface area contributed by atoms with E-state index < -0.39 is 0 Å². The van der Waals surface area contributed by atoms with Gasteiger partial charge in [0.2, 0.25) is 0 Å². The van der Waals surface area contributed by atoms with Gasteiger partial charge in [-0.2, -0.15) is 0 Å². The summed E-state index contributed by atoms with van der Waals surface area (Å²) in [4.78, 5) is 0. The Morgan fingerprint density at radius 2 is 2.12 bits per heavy atom. The van der Waals surface area contributed by atoms with Crippen LogP contribution in [0.25, 0.3) is 0 Å². The van der Waals surface area contributed by atoms with E-state index in [0.29, 0.717) is 0 Å². The van der Waals surface area contributed by atoms with E-state index in [4.69, 9.17) is 4.74 Å². The topological polar surface area (TPSA) is 21.3 Å². The molecule has 2 rings (SSSR count). The molecule has 17 heavy (non-hydrogen) atoms. The monoisotopic (exact) mass is 233 g/mol. The molecule has 94 valence electrons. The summed E-state index contributed by atoms with van der Waals surface area (Å²) < 4.78 is 5.35. The highest BCUT2D eigenvalue weighted by Crippen LogP contribution is 2.26. The highest BCUT2D eigenvalue weighted by molar-refractivity contribution is 5.43. The van der Waals surface area contributed by atoms with Gasteiger partial charge in [-0.05, 0) is 74.9 Å². The lowest BCUT2D eigenvalue weighted by atomic mass is 9.94. The molecular weight excluding hydrogens is 210 g/mol. The van der Waals surface area contributed by atoms with Crippen LogP contribution in [0.2, 0.25) is 0 Å². The van der Waals surface area contributed by atoms with Crippen molar-refractivity contribution in [1.29, 1.82) is 0 Å². The van der Waals surface area contributed by atoms with Gasteiger partial charge in [0.05, 0.1) is 7.11 Å². The largest absolute Gasteiger partial charge is 0.496 e. The van der Waals surface area contributed by atoms with Crippen LogP contribution in [0.1, 0.15) is 29.5 Å². The lowest BCUT2D eigenvalue weighted by Crippen LogP contribution is -2.09. The molecule has 2 nitrogen and oxygen atoms in total. The number of benzene rings is 1. The number of hydrogen-bond donors (Lipinski definition) is 1. The van der Waals surface area contributed by atoms with Crippen molar-refractivity contribution in [2.24, 2.45) is 5.92 Å². The third-order valence-corrected chi connectivity index (χ3v) is 4.05. The smallest absolute Gasteiger partial charge is 0.122 e. The van der Waals surface area contributed by atoms with E-state index >= 15 is 0 Å². The van der Waals surface area contributed by atoms with E-state index in [2.05, 4.69) is 31.3 Å². The van der Waals surface area contributed by atoms with E-state index in [1.54, 1.807) is 7.11 Å². The zero-order valence-electron chi connectivity index (χ0n) is 11.2. The van der Waals surface area contributed by atoms with Crippen LogP contribution in [0.5, 0.6) is 5.75 Å². The van der Waals surface area contributed by atoms with Gasteiger partial charge < -0.3 is 10.1 Å². The zero-order valence-corrected chi connectivity index (χ0v) is 11.2. The summed E-state index contributed by atoms with van der Waals surface area (Å²) in [5.41, 5.74) is 4.17. The van der Waals surface area contributed by atoms with Crippen LogP contribution >= 0.6 is 0 Å². The summed E-state index contributed by atoms with van der Waals surface area (Å²) in [5.74, 6) is 1.88. The highest BCUT2D eigenvalue weighted by atomic mass is 16.5. The van der Waals surface area contributed by atoms with Gasteiger partial charge in [-0.3, -0.25) is 0 Å². The number of nitrogens with one attached hydrogen (secondary N) is 1. The molecule has 1 aromatic carbocycles. The number of methoxy groups -OCH3 is 1. The van der Waals surface area contributed by atoms with Crippen molar-refractivity contribution in [2.45, 2.75) is 33.1 Å². The van der Waals surface area contributed by atoms with Crippen molar-refractivity contribution >= 4 is 0 Å². The molecule has 2 heteroatoms. The van der Waals surface area contributed by atoms with Gasteiger partial charge in [0, 0.05) is 0 Å². The van der Waals surface area contributed by atoms with Crippen LogP contribution in [-0.2, 0) is 6.42 Å². The molecule has 0 amide bonds. The molecule has 1 aliphatic heterocycles. The van der Waals surface area contributed by atoms with Gasteiger partial charge in [-0.15, -0.1) is 0 Å². The average Bonchev–Trinajstić information content (AvgIpc) is 2.84. The average molecular weight is 233 g/mol. The molecule has 0 spiro atoms. The second-order valence-corrected chi connectivity index (χ2v) is 5.07. The minimum atomic E-state index is 0.872. The Kier molecular flexibility index (Phi) is 4.06. The van der Waals surface area contributed by atoms with Crippen molar-refractivity contribution in [2.75, 3.05) is 20.2 Å². The van der Waals surface area contributed by atoms with Crippen molar-refractivity contribution in [3.05, 3.63) is 28.8 Å². The molecule has 0 bridgehead atoms. The van der Waals surface area contributed by atoms with Crippen LogP contribution in [-0.4, -0.2) is 20.2 Å². The fourth-order valence-electron chi connectivity index (χ4n) is 2.66. The Morgan fingerprint density at radius 1 is 1.29 bits per heavy atom. The second-order valence-electron chi connectivity index (χ2n) is 5.07. The summed E-state index contributed by atoms with van der Waals surface area (Å²) in [5, 5.41) is 3.43. The van der Waals surface area contributed by atoms with Gasteiger partial charge in [0.25, 0.3) is 0 Å². The fraction of sp³-hybridized carbons (Fsp3) is 0.600. The van der Waals surface area contributed by atoms with E-state index in [0.717, 1.165) is 11.7 Å². The number of hydrogen-bond acceptors (Lipinski definition) is 2. The van der Waals surface area contributed by atoms with E-state index in [1.165, 1.54) is 49.0 Å².